The third kappa shape index (κ3) is 2.56. The van der Waals surface area contributed by atoms with Crippen LogP contribution in [0.25, 0.3) is 5.70 Å². The molecule has 0 radical (unpaired) electrons. The van der Waals surface area contributed by atoms with Gasteiger partial charge in [0, 0.05) is 32.8 Å². The van der Waals surface area contributed by atoms with Crippen molar-refractivity contribution in [3.63, 3.8) is 0 Å². The Morgan fingerprint density at radius 3 is 3.05 bits per heavy atom. The van der Waals surface area contributed by atoms with E-state index in [4.69, 9.17) is 5.11 Å². The minimum atomic E-state index is -0.129. The Labute approximate surface area is 122 Å². The van der Waals surface area contributed by atoms with Crippen LogP contribution in [0.2, 0.25) is 0 Å². The average molecular weight is 290 g/mol. The van der Waals surface area contributed by atoms with Crippen LogP contribution in [0, 0.1) is 0 Å². The molecule has 21 heavy (non-hydrogen) atoms. The van der Waals surface area contributed by atoms with Crippen LogP contribution in [0.1, 0.15) is 12.1 Å². The van der Waals surface area contributed by atoms with Crippen molar-refractivity contribution in [2.75, 3.05) is 26.7 Å². The topological polar surface area (TPSA) is 78.7 Å². The lowest BCUT2D eigenvalue weighted by atomic mass is 10.2. The molecule has 1 aromatic rings. The number of Topliss-reactive ketones (excluding diaryl/α,β-unsaturated/α-hetero) is 1. The predicted octanol–water partition coefficient (Wildman–Crippen LogP) is -0.0324. The van der Waals surface area contributed by atoms with E-state index in [1.807, 2.05) is 12.3 Å². The summed E-state index contributed by atoms with van der Waals surface area (Å²) >= 11 is 0. The molecule has 0 spiro atoms. The van der Waals surface area contributed by atoms with Gasteiger partial charge < -0.3 is 14.9 Å². The molecule has 1 N–H and O–H groups in total. The van der Waals surface area contributed by atoms with Crippen LogP contribution >= 0.6 is 0 Å². The smallest absolute Gasteiger partial charge is 0.320 e. The van der Waals surface area contributed by atoms with E-state index in [-0.39, 0.29) is 37.3 Å². The molecule has 2 aliphatic heterocycles. The van der Waals surface area contributed by atoms with Crippen molar-refractivity contribution >= 4 is 17.5 Å². The molecule has 3 heterocycles. The van der Waals surface area contributed by atoms with E-state index < -0.39 is 0 Å². The minimum absolute atomic E-state index is 0.0286. The summed E-state index contributed by atoms with van der Waals surface area (Å²) in [5.41, 5.74) is 1.63. The Kier molecular flexibility index (Phi) is 3.50. The van der Waals surface area contributed by atoms with Gasteiger partial charge in [0.25, 0.3) is 0 Å². The summed E-state index contributed by atoms with van der Waals surface area (Å²) in [7, 11) is 1.80. The Morgan fingerprint density at radius 2 is 2.33 bits per heavy atom. The number of amides is 2. The number of fused-ring (bicyclic) bond motifs is 2. The highest BCUT2D eigenvalue weighted by Gasteiger charge is 2.37. The van der Waals surface area contributed by atoms with Crippen LogP contribution in [-0.4, -0.2) is 69.3 Å². The second-order valence-corrected chi connectivity index (χ2v) is 5.44. The molecule has 7 heteroatoms. The molecule has 1 aromatic heterocycles. The van der Waals surface area contributed by atoms with Gasteiger partial charge in [-0.2, -0.15) is 5.10 Å². The number of rotatable bonds is 5. The standard InChI is InChI=1S/C14H18N4O3/c1-16-11-7-12(9-17(8-11)14(16)21)18-4-2-10(15-18)6-13(20)3-5-19/h2,4,7,11,19H,3,5-6,8-9H2,1H3. The number of aliphatic hydroxyl groups excluding tert-OH is 1. The van der Waals surface area contributed by atoms with Gasteiger partial charge in [-0.25, -0.2) is 9.48 Å². The maximum absolute atomic E-state index is 11.9. The van der Waals surface area contributed by atoms with Crippen LogP contribution < -0.4 is 0 Å². The van der Waals surface area contributed by atoms with Crippen molar-refractivity contribution < 1.29 is 14.7 Å². The second kappa shape index (κ2) is 5.33. The summed E-state index contributed by atoms with van der Waals surface area (Å²) in [6, 6.07) is 1.93. The molecule has 1 saturated heterocycles. The summed E-state index contributed by atoms with van der Waals surface area (Å²) in [5, 5.41) is 13.1. The van der Waals surface area contributed by atoms with Crippen LogP contribution in [0.15, 0.2) is 18.3 Å². The van der Waals surface area contributed by atoms with Crippen molar-refractivity contribution in [1.82, 2.24) is 19.6 Å². The SMILES string of the molecule is CN1C(=O)N2CC(n3ccc(CC(=O)CCO)n3)=CC1C2. The first-order valence-electron chi connectivity index (χ1n) is 6.98. The number of ketones is 1. The monoisotopic (exact) mass is 290 g/mol. The summed E-state index contributed by atoms with van der Waals surface area (Å²) < 4.78 is 1.73. The van der Waals surface area contributed by atoms with E-state index in [0.717, 1.165) is 12.2 Å². The average Bonchev–Trinajstić information content (AvgIpc) is 3.00. The molecule has 7 nitrogen and oxygen atoms in total. The van der Waals surface area contributed by atoms with E-state index in [1.165, 1.54) is 0 Å². The molecule has 2 aliphatic rings. The molecule has 1 atom stereocenters. The lowest BCUT2D eigenvalue weighted by Crippen LogP contribution is -2.31. The van der Waals surface area contributed by atoms with E-state index in [9.17, 15) is 9.59 Å². The highest BCUT2D eigenvalue weighted by Crippen LogP contribution is 2.24. The number of likely N-dealkylation sites (N-methyl/N-ethyl adjacent to an activating group) is 1. The molecule has 0 aliphatic carbocycles. The quantitative estimate of drug-likeness (QED) is 0.826. The van der Waals surface area contributed by atoms with Gasteiger partial charge in [0.2, 0.25) is 0 Å². The summed E-state index contributed by atoms with van der Waals surface area (Å²) in [4.78, 5) is 26.9. The molecular weight excluding hydrogens is 272 g/mol. The van der Waals surface area contributed by atoms with Gasteiger partial charge in [-0.3, -0.25) is 4.79 Å². The number of carbonyl (C=O) groups is 2. The zero-order chi connectivity index (χ0) is 15.0. The lowest BCUT2D eigenvalue weighted by molar-refractivity contribution is -0.119. The fourth-order valence-electron chi connectivity index (χ4n) is 2.74. The molecule has 2 amide bonds. The molecule has 112 valence electrons. The number of hydrogen-bond donors (Lipinski definition) is 1. The maximum atomic E-state index is 11.9. The predicted molar refractivity (Wildman–Crippen MR) is 75.4 cm³/mol. The molecule has 0 saturated carbocycles. The Morgan fingerprint density at radius 1 is 1.52 bits per heavy atom. The first-order chi connectivity index (χ1) is 10.1. The third-order valence-electron chi connectivity index (χ3n) is 3.92. The lowest BCUT2D eigenvalue weighted by Gasteiger charge is -2.21. The van der Waals surface area contributed by atoms with Crippen molar-refractivity contribution in [2.45, 2.75) is 18.9 Å². The van der Waals surface area contributed by atoms with Crippen LogP contribution in [0.4, 0.5) is 4.79 Å². The second-order valence-electron chi connectivity index (χ2n) is 5.44. The van der Waals surface area contributed by atoms with E-state index in [2.05, 4.69) is 5.10 Å². The molecule has 0 aromatic carbocycles. The molecular formula is C14H18N4O3. The van der Waals surface area contributed by atoms with Crippen molar-refractivity contribution in [2.24, 2.45) is 0 Å². The summed E-state index contributed by atoms with van der Waals surface area (Å²) in [6.07, 6.45) is 4.25. The van der Waals surface area contributed by atoms with Gasteiger partial charge in [-0.15, -0.1) is 0 Å². The third-order valence-corrected chi connectivity index (χ3v) is 3.92. The van der Waals surface area contributed by atoms with Crippen molar-refractivity contribution in [3.05, 3.63) is 24.0 Å². The zero-order valence-corrected chi connectivity index (χ0v) is 11.9. The number of urea groups is 1. The Balaban J connectivity index is 1.74. The van der Waals surface area contributed by atoms with Crippen LogP contribution in [0.3, 0.4) is 0 Å². The van der Waals surface area contributed by atoms with Crippen molar-refractivity contribution in [3.8, 4) is 0 Å². The number of aromatic nitrogens is 2. The molecule has 3 rings (SSSR count). The normalized spacial score (nSPS) is 21.0. The number of nitrogens with zero attached hydrogens (tertiary/aromatic N) is 4. The number of carbonyl (C=O) groups excluding carboxylic acids is 2. The van der Waals surface area contributed by atoms with E-state index >= 15 is 0 Å². The van der Waals surface area contributed by atoms with Crippen LogP contribution in [-0.2, 0) is 11.2 Å². The molecule has 1 fully saturated rings. The van der Waals surface area contributed by atoms with Gasteiger partial charge in [0.1, 0.15) is 5.78 Å². The van der Waals surface area contributed by atoms with Gasteiger partial charge in [-0.1, -0.05) is 0 Å². The van der Waals surface area contributed by atoms with Gasteiger partial charge >= 0.3 is 6.03 Å². The van der Waals surface area contributed by atoms with Gasteiger partial charge in [0.05, 0.1) is 30.4 Å². The number of hydrogen-bond acceptors (Lipinski definition) is 4. The highest BCUT2D eigenvalue weighted by molar-refractivity contribution is 5.81. The van der Waals surface area contributed by atoms with Gasteiger partial charge in [-0.05, 0) is 12.1 Å². The van der Waals surface area contributed by atoms with Crippen molar-refractivity contribution in [1.29, 1.82) is 0 Å². The zero-order valence-electron chi connectivity index (χ0n) is 11.9. The highest BCUT2D eigenvalue weighted by atomic mass is 16.3. The van der Waals surface area contributed by atoms with E-state index in [1.54, 1.807) is 27.6 Å². The summed E-state index contributed by atoms with van der Waals surface area (Å²) in [6.45, 7) is 1.13. The van der Waals surface area contributed by atoms with Crippen LogP contribution in [0.5, 0.6) is 0 Å². The largest absolute Gasteiger partial charge is 0.396 e. The molecule has 2 bridgehead atoms. The van der Waals surface area contributed by atoms with Gasteiger partial charge in [0.15, 0.2) is 0 Å². The van der Waals surface area contributed by atoms with E-state index in [0.29, 0.717) is 12.2 Å². The summed E-state index contributed by atoms with van der Waals surface area (Å²) in [5.74, 6) is -0.0286. The maximum Gasteiger partial charge on any atom is 0.320 e. The first-order valence-corrected chi connectivity index (χ1v) is 6.98. The fraction of sp³-hybridized carbons (Fsp3) is 0.500. The Bertz CT molecular complexity index is 607. The Hall–Kier alpha value is -2.15. The fourth-order valence-corrected chi connectivity index (χ4v) is 2.74. The first kappa shape index (κ1) is 13.8. The number of aliphatic hydroxyl groups is 1. The molecule has 1 unspecified atom stereocenters. The minimum Gasteiger partial charge on any atom is -0.396 e.